The van der Waals surface area contributed by atoms with Crippen molar-refractivity contribution in [2.75, 3.05) is 17.5 Å². The van der Waals surface area contributed by atoms with Gasteiger partial charge in [0.25, 0.3) is 15.9 Å². The van der Waals surface area contributed by atoms with Crippen molar-refractivity contribution in [1.29, 1.82) is 0 Å². The summed E-state index contributed by atoms with van der Waals surface area (Å²) in [5.41, 5.74) is 7.79. The molecule has 0 radical (unpaired) electrons. The Bertz CT molecular complexity index is 1590. The number of hydrazone groups is 1. The summed E-state index contributed by atoms with van der Waals surface area (Å²) in [6.07, 6.45) is 1.57. The summed E-state index contributed by atoms with van der Waals surface area (Å²) in [5.74, 6) is -0.232. The van der Waals surface area contributed by atoms with Crippen molar-refractivity contribution in [3.63, 3.8) is 0 Å². The predicted octanol–water partition coefficient (Wildman–Crippen LogP) is 5.15. The second-order valence-corrected chi connectivity index (χ2v) is 10.9. The number of carbonyl (C=O) groups excluding carboxylic acids is 1. The molecule has 8 nitrogen and oxygen atoms in total. The Morgan fingerprint density at radius 1 is 0.974 bits per heavy atom. The summed E-state index contributed by atoms with van der Waals surface area (Å²) in [4.78, 5) is 13.1. The first kappa shape index (κ1) is 27.7. The first-order chi connectivity index (χ1) is 18.7. The van der Waals surface area contributed by atoms with Crippen LogP contribution in [0.4, 0.5) is 5.69 Å². The zero-order valence-electron chi connectivity index (χ0n) is 22.5. The van der Waals surface area contributed by atoms with Gasteiger partial charge in [-0.05, 0) is 75.7 Å². The van der Waals surface area contributed by atoms with Gasteiger partial charge >= 0.3 is 0 Å². The molecule has 0 aliphatic heterocycles. The van der Waals surface area contributed by atoms with E-state index in [9.17, 15) is 13.2 Å². The maximum atomic E-state index is 13.6. The molecule has 1 heterocycles. The number of nitrogens with zero attached hydrogens (tertiary/aromatic N) is 3. The van der Waals surface area contributed by atoms with Crippen molar-refractivity contribution in [3.05, 3.63) is 107 Å². The SMILES string of the molecule is CCOc1ccccc1N(CC(=O)N/N=C/c1cc(C)n(-c2cccc(C)c2)c1C)S(=O)(=O)c1ccccc1. The number of amides is 1. The number of anilines is 1. The van der Waals surface area contributed by atoms with Gasteiger partial charge in [0.2, 0.25) is 0 Å². The third-order valence-corrected chi connectivity index (χ3v) is 7.95. The molecule has 4 aromatic rings. The number of carbonyl (C=O) groups is 1. The number of hydrogen-bond acceptors (Lipinski definition) is 5. The highest BCUT2D eigenvalue weighted by molar-refractivity contribution is 7.92. The summed E-state index contributed by atoms with van der Waals surface area (Å²) in [6.45, 7) is 7.70. The highest BCUT2D eigenvalue weighted by Gasteiger charge is 2.29. The lowest BCUT2D eigenvalue weighted by Gasteiger charge is -2.25. The monoisotopic (exact) mass is 544 g/mol. The topological polar surface area (TPSA) is 93.0 Å². The quantitative estimate of drug-likeness (QED) is 0.221. The van der Waals surface area contributed by atoms with Crippen molar-refractivity contribution in [2.45, 2.75) is 32.6 Å². The van der Waals surface area contributed by atoms with Crippen LogP contribution in [0.5, 0.6) is 5.75 Å². The first-order valence-electron chi connectivity index (χ1n) is 12.6. The van der Waals surface area contributed by atoms with Gasteiger partial charge in [-0.1, -0.05) is 42.5 Å². The average Bonchev–Trinajstić information content (AvgIpc) is 3.21. The number of hydrogen-bond donors (Lipinski definition) is 1. The molecule has 1 amide bonds. The molecule has 9 heteroatoms. The smallest absolute Gasteiger partial charge is 0.264 e. The lowest BCUT2D eigenvalue weighted by molar-refractivity contribution is -0.119. The fourth-order valence-corrected chi connectivity index (χ4v) is 5.83. The summed E-state index contributed by atoms with van der Waals surface area (Å²) in [7, 11) is -4.07. The zero-order valence-corrected chi connectivity index (χ0v) is 23.3. The number of para-hydroxylation sites is 2. The van der Waals surface area contributed by atoms with E-state index in [0.717, 1.165) is 32.5 Å². The van der Waals surface area contributed by atoms with Crippen LogP contribution in [0, 0.1) is 20.8 Å². The largest absolute Gasteiger partial charge is 0.492 e. The predicted molar refractivity (Wildman–Crippen MR) is 154 cm³/mol. The van der Waals surface area contributed by atoms with Gasteiger partial charge in [0, 0.05) is 22.6 Å². The molecule has 3 aromatic carbocycles. The Morgan fingerprint density at radius 3 is 2.41 bits per heavy atom. The van der Waals surface area contributed by atoms with Crippen LogP contribution in [-0.4, -0.2) is 38.3 Å². The van der Waals surface area contributed by atoms with Gasteiger partial charge in [-0.25, -0.2) is 13.8 Å². The van der Waals surface area contributed by atoms with Crippen LogP contribution >= 0.6 is 0 Å². The number of aryl methyl sites for hydroxylation is 2. The van der Waals surface area contributed by atoms with E-state index in [-0.39, 0.29) is 10.6 Å². The number of sulfonamides is 1. The number of aromatic nitrogens is 1. The standard InChI is InChI=1S/C30H32N4O4S/c1-5-38-29-17-10-9-16-28(29)33(39(36,37)27-14-7-6-8-15-27)21-30(35)32-31-20-25-19-23(3)34(24(25)4)26-13-11-12-22(2)18-26/h6-20H,5,21H2,1-4H3,(H,32,35)/b31-20+. The highest BCUT2D eigenvalue weighted by atomic mass is 32.2. The Balaban J connectivity index is 1.58. The maximum Gasteiger partial charge on any atom is 0.264 e. The average molecular weight is 545 g/mol. The normalized spacial score (nSPS) is 11.5. The summed E-state index contributed by atoms with van der Waals surface area (Å²) < 4.78 is 36.1. The third-order valence-electron chi connectivity index (χ3n) is 6.18. The molecule has 0 bridgehead atoms. The van der Waals surface area contributed by atoms with E-state index in [4.69, 9.17) is 4.74 Å². The lowest BCUT2D eigenvalue weighted by atomic mass is 10.2. The van der Waals surface area contributed by atoms with Crippen LogP contribution in [-0.2, 0) is 14.8 Å². The van der Waals surface area contributed by atoms with Gasteiger partial charge in [-0.2, -0.15) is 5.10 Å². The van der Waals surface area contributed by atoms with Crippen molar-refractivity contribution >= 4 is 27.8 Å². The van der Waals surface area contributed by atoms with Gasteiger partial charge in [-0.15, -0.1) is 0 Å². The van der Waals surface area contributed by atoms with Crippen LogP contribution in [0.15, 0.2) is 94.9 Å². The van der Waals surface area contributed by atoms with E-state index in [2.05, 4.69) is 21.2 Å². The van der Waals surface area contributed by atoms with E-state index in [0.29, 0.717) is 12.4 Å². The van der Waals surface area contributed by atoms with Gasteiger partial charge < -0.3 is 9.30 Å². The molecule has 4 rings (SSSR count). The van der Waals surface area contributed by atoms with Crippen LogP contribution in [0.3, 0.4) is 0 Å². The summed E-state index contributed by atoms with van der Waals surface area (Å²) in [6, 6.07) is 24.9. The highest BCUT2D eigenvalue weighted by Crippen LogP contribution is 2.32. The minimum Gasteiger partial charge on any atom is -0.492 e. The van der Waals surface area contributed by atoms with Crippen molar-refractivity contribution in [2.24, 2.45) is 5.10 Å². The number of ether oxygens (including phenoxy) is 1. The third kappa shape index (κ3) is 6.21. The minimum atomic E-state index is -4.07. The summed E-state index contributed by atoms with van der Waals surface area (Å²) >= 11 is 0. The van der Waals surface area contributed by atoms with E-state index >= 15 is 0 Å². The molecular weight excluding hydrogens is 512 g/mol. The van der Waals surface area contributed by atoms with Gasteiger partial charge in [0.05, 0.1) is 23.4 Å². The molecule has 39 heavy (non-hydrogen) atoms. The van der Waals surface area contributed by atoms with Gasteiger partial charge in [-0.3, -0.25) is 9.10 Å². The molecule has 0 aliphatic carbocycles. The van der Waals surface area contributed by atoms with Crippen LogP contribution in [0.25, 0.3) is 5.69 Å². The Labute approximate surface area is 229 Å². The zero-order chi connectivity index (χ0) is 28.0. The van der Waals surface area contributed by atoms with E-state index < -0.39 is 22.5 Å². The number of rotatable bonds is 10. The molecule has 1 aromatic heterocycles. The molecule has 0 saturated carbocycles. The van der Waals surface area contributed by atoms with Crippen molar-refractivity contribution in [3.8, 4) is 11.4 Å². The molecule has 0 saturated heterocycles. The maximum absolute atomic E-state index is 13.6. The second-order valence-electron chi connectivity index (χ2n) is 9.02. The van der Waals surface area contributed by atoms with Crippen molar-refractivity contribution < 1.29 is 17.9 Å². The Morgan fingerprint density at radius 2 is 1.69 bits per heavy atom. The Hall–Kier alpha value is -4.37. The second kappa shape index (κ2) is 12.0. The first-order valence-corrected chi connectivity index (χ1v) is 14.0. The minimum absolute atomic E-state index is 0.0659. The van der Waals surface area contributed by atoms with Crippen LogP contribution in [0.2, 0.25) is 0 Å². The van der Waals surface area contributed by atoms with E-state index in [1.807, 2.05) is 52.0 Å². The molecule has 0 spiro atoms. The van der Waals surface area contributed by atoms with Crippen LogP contribution in [0.1, 0.15) is 29.4 Å². The van der Waals surface area contributed by atoms with Gasteiger partial charge in [0.1, 0.15) is 12.3 Å². The molecule has 1 N–H and O–H groups in total. The molecule has 0 fully saturated rings. The molecule has 0 unspecified atom stereocenters. The van der Waals surface area contributed by atoms with Crippen LogP contribution < -0.4 is 14.5 Å². The fourth-order valence-electron chi connectivity index (χ4n) is 4.38. The van der Waals surface area contributed by atoms with E-state index in [1.54, 1.807) is 48.7 Å². The fraction of sp³-hybridized carbons (Fsp3) is 0.200. The number of benzene rings is 3. The summed E-state index contributed by atoms with van der Waals surface area (Å²) in [5, 5.41) is 4.14. The molecule has 0 atom stereocenters. The molecule has 202 valence electrons. The lowest BCUT2D eigenvalue weighted by Crippen LogP contribution is -2.39. The molecular formula is C30H32N4O4S. The van der Waals surface area contributed by atoms with Gasteiger partial charge in [0.15, 0.2) is 0 Å². The van der Waals surface area contributed by atoms with E-state index in [1.165, 1.54) is 12.1 Å². The Kier molecular flexibility index (Phi) is 8.51. The molecule has 0 aliphatic rings. The van der Waals surface area contributed by atoms with Crippen molar-refractivity contribution in [1.82, 2.24) is 9.99 Å². The number of nitrogens with one attached hydrogen (secondary N) is 1.